The summed E-state index contributed by atoms with van der Waals surface area (Å²) in [5.74, 6) is -0.276. The van der Waals surface area contributed by atoms with Crippen molar-refractivity contribution in [2.24, 2.45) is 0 Å². The molecule has 0 aromatic heterocycles. The molecule has 0 heterocycles. The maximum Gasteiger partial charge on any atom is 0.389 e. The van der Waals surface area contributed by atoms with Crippen molar-refractivity contribution < 1.29 is 18.0 Å². The highest BCUT2D eigenvalue weighted by atomic mass is 32.2. The van der Waals surface area contributed by atoms with Gasteiger partial charge in [-0.15, -0.1) is 11.8 Å². The first kappa shape index (κ1) is 13.2. The highest BCUT2D eigenvalue weighted by Gasteiger charge is 2.30. The average Bonchev–Trinajstić information content (AvgIpc) is 2.62. The van der Waals surface area contributed by atoms with E-state index in [0.717, 1.165) is 10.5 Å². The molecule has 5 heteroatoms. The second-order valence-corrected chi connectivity index (χ2v) is 4.95. The van der Waals surface area contributed by atoms with E-state index in [1.807, 2.05) is 18.4 Å². The lowest BCUT2D eigenvalue weighted by Crippen LogP contribution is -2.09. The van der Waals surface area contributed by atoms with E-state index in [1.165, 1.54) is 11.8 Å². The van der Waals surface area contributed by atoms with Crippen LogP contribution in [0.2, 0.25) is 0 Å². The Labute approximate surface area is 107 Å². The molecule has 0 N–H and O–H groups in total. The second-order valence-electron chi connectivity index (χ2n) is 4.07. The Balaban J connectivity index is 2.19. The predicted octanol–water partition coefficient (Wildman–Crippen LogP) is 4.33. The molecule has 0 saturated heterocycles. The molecule has 2 rings (SSSR count). The van der Waals surface area contributed by atoms with Crippen molar-refractivity contribution in [3.05, 3.63) is 34.9 Å². The summed E-state index contributed by atoms with van der Waals surface area (Å²) in [4.78, 5) is 12.9. The Morgan fingerprint density at radius 3 is 2.61 bits per heavy atom. The van der Waals surface area contributed by atoms with Gasteiger partial charge < -0.3 is 0 Å². The molecule has 96 valence electrons. The smallest absolute Gasteiger partial charge is 0.289 e. The van der Waals surface area contributed by atoms with Gasteiger partial charge in [0.25, 0.3) is 0 Å². The number of hydrogen-bond donors (Lipinski definition) is 0. The van der Waals surface area contributed by atoms with E-state index in [2.05, 4.69) is 0 Å². The Hall–Kier alpha value is -1.23. The van der Waals surface area contributed by atoms with Gasteiger partial charge in [-0.1, -0.05) is 0 Å². The number of ketones is 1. The number of allylic oxidation sites excluding steroid dienone is 1. The SMILES string of the molecule is CSc1ccc2c(c1)C=C(CCC(F)(F)F)C2=O. The number of halogens is 3. The van der Waals surface area contributed by atoms with Gasteiger partial charge in [0.05, 0.1) is 0 Å². The van der Waals surface area contributed by atoms with Crippen LogP contribution in [0.1, 0.15) is 28.8 Å². The van der Waals surface area contributed by atoms with E-state index in [-0.39, 0.29) is 17.8 Å². The molecule has 0 atom stereocenters. The summed E-state index contributed by atoms with van der Waals surface area (Å²) in [5.41, 5.74) is 1.48. The Kier molecular flexibility index (Phi) is 3.52. The molecule has 18 heavy (non-hydrogen) atoms. The largest absolute Gasteiger partial charge is 0.389 e. The first-order valence-electron chi connectivity index (χ1n) is 5.41. The summed E-state index contributed by atoms with van der Waals surface area (Å²) in [7, 11) is 0. The third-order valence-electron chi connectivity index (χ3n) is 2.80. The molecule has 0 unspecified atom stereocenters. The van der Waals surface area contributed by atoms with Crippen molar-refractivity contribution >= 4 is 23.6 Å². The minimum atomic E-state index is -4.22. The molecular formula is C13H11F3OS. The van der Waals surface area contributed by atoms with E-state index < -0.39 is 12.6 Å². The summed E-state index contributed by atoms with van der Waals surface area (Å²) < 4.78 is 36.4. The normalized spacial score (nSPS) is 14.7. The van der Waals surface area contributed by atoms with Gasteiger partial charge in [0.1, 0.15) is 0 Å². The summed E-state index contributed by atoms with van der Waals surface area (Å²) in [5, 5.41) is 0. The lowest BCUT2D eigenvalue weighted by atomic mass is 10.1. The molecule has 0 radical (unpaired) electrons. The van der Waals surface area contributed by atoms with Crippen LogP contribution < -0.4 is 0 Å². The number of thioether (sulfide) groups is 1. The van der Waals surface area contributed by atoms with Crippen molar-refractivity contribution in [2.45, 2.75) is 23.9 Å². The van der Waals surface area contributed by atoms with Crippen molar-refractivity contribution in [1.29, 1.82) is 0 Å². The van der Waals surface area contributed by atoms with Gasteiger partial charge in [0.2, 0.25) is 0 Å². The van der Waals surface area contributed by atoms with Crippen LogP contribution in [0.4, 0.5) is 13.2 Å². The molecule has 0 aliphatic heterocycles. The van der Waals surface area contributed by atoms with Crippen LogP contribution in [-0.2, 0) is 0 Å². The predicted molar refractivity (Wildman–Crippen MR) is 65.8 cm³/mol. The molecule has 1 aliphatic carbocycles. The number of fused-ring (bicyclic) bond motifs is 1. The number of benzene rings is 1. The molecule has 0 spiro atoms. The number of carbonyl (C=O) groups is 1. The number of hydrogen-bond acceptors (Lipinski definition) is 2. The molecule has 1 aliphatic rings. The lowest BCUT2D eigenvalue weighted by molar-refractivity contribution is -0.133. The van der Waals surface area contributed by atoms with E-state index in [4.69, 9.17) is 0 Å². The molecule has 0 saturated carbocycles. The molecule has 0 bridgehead atoms. The lowest BCUT2D eigenvalue weighted by Gasteiger charge is -2.05. The van der Waals surface area contributed by atoms with Crippen LogP contribution >= 0.6 is 11.8 Å². The van der Waals surface area contributed by atoms with E-state index in [0.29, 0.717) is 5.56 Å². The van der Waals surface area contributed by atoms with Crippen molar-refractivity contribution in [2.75, 3.05) is 6.26 Å². The Bertz CT molecular complexity index is 517. The first-order chi connectivity index (χ1) is 8.40. The fourth-order valence-electron chi connectivity index (χ4n) is 1.88. The molecular weight excluding hydrogens is 261 g/mol. The van der Waals surface area contributed by atoms with Gasteiger partial charge >= 0.3 is 6.18 Å². The topological polar surface area (TPSA) is 17.1 Å². The fraction of sp³-hybridized carbons (Fsp3) is 0.308. The monoisotopic (exact) mass is 272 g/mol. The summed E-state index contributed by atoms with van der Waals surface area (Å²) >= 11 is 1.53. The zero-order valence-electron chi connectivity index (χ0n) is 9.67. The van der Waals surface area contributed by atoms with Crippen molar-refractivity contribution in [1.82, 2.24) is 0 Å². The average molecular weight is 272 g/mol. The maximum absolute atomic E-state index is 12.1. The van der Waals surface area contributed by atoms with Gasteiger partial charge in [-0.2, -0.15) is 13.2 Å². The number of alkyl halides is 3. The molecule has 0 fully saturated rings. The highest BCUT2D eigenvalue weighted by Crippen LogP contribution is 2.33. The number of Topliss-reactive ketones (excluding diaryl/α,β-unsaturated/α-hetero) is 1. The van der Waals surface area contributed by atoms with Crippen LogP contribution in [0.15, 0.2) is 28.7 Å². The zero-order chi connectivity index (χ0) is 13.3. The summed E-state index contributed by atoms with van der Waals surface area (Å²) in [6, 6.07) is 5.32. The third kappa shape index (κ3) is 2.77. The Morgan fingerprint density at radius 2 is 2.00 bits per heavy atom. The third-order valence-corrected chi connectivity index (χ3v) is 3.53. The summed E-state index contributed by atoms with van der Waals surface area (Å²) in [6.45, 7) is 0. The van der Waals surface area contributed by atoms with E-state index >= 15 is 0 Å². The fourth-order valence-corrected chi connectivity index (χ4v) is 2.33. The van der Waals surface area contributed by atoms with Gasteiger partial charge in [0, 0.05) is 22.5 Å². The molecule has 0 amide bonds. The van der Waals surface area contributed by atoms with Crippen LogP contribution in [0.5, 0.6) is 0 Å². The Morgan fingerprint density at radius 1 is 1.28 bits per heavy atom. The van der Waals surface area contributed by atoms with Crippen LogP contribution in [-0.4, -0.2) is 18.2 Å². The van der Waals surface area contributed by atoms with Crippen LogP contribution in [0, 0.1) is 0 Å². The number of rotatable bonds is 3. The quantitative estimate of drug-likeness (QED) is 0.762. The van der Waals surface area contributed by atoms with Crippen LogP contribution in [0.3, 0.4) is 0 Å². The summed E-state index contributed by atoms with van der Waals surface area (Å²) in [6.07, 6.45) is -1.93. The van der Waals surface area contributed by atoms with Gasteiger partial charge in [-0.25, -0.2) is 0 Å². The molecule has 1 nitrogen and oxygen atoms in total. The maximum atomic E-state index is 12.1. The first-order valence-corrected chi connectivity index (χ1v) is 6.63. The zero-order valence-corrected chi connectivity index (χ0v) is 10.5. The second kappa shape index (κ2) is 4.80. The molecule has 1 aromatic carbocycles. The van der Waals surface area contributed by atoms with Crippen molar-refractivity contribution in [3.8, 4) is 0 Å². The van der Waals surface area contributed by atoms with E-state index in [9.17, 15) is 18.0 Å². The van der Waals surface area contributed by atoms with Crippen LogP contribution in [0.25, 0.3) is 6.08 Å². The van der Waals surface area contributed by atoms with Crippen molar-refractivity contribution in [3.63, 3.8) is 0 Å². The molecule has 1 aromatic rings. The minimum absolute atomic E-state index is 0.244. The standard InChI is InChI=1S/C13H11F3OS/c1-18-10-2-3-11-9(7-10)6-8(12(11)17)4-5-13(14,15)16/h2-3,6-7H,4-5H2,1H3. The van der Waals surface area contributed by atoms with E-state index in [1.54, 1.807) is 12.1 Å². The number of carbonyl (C=O) groups excluding carboxylic acids is 1. The van der Waals surface area contributed by atoms with Gasteiger partial charge in [-0.3, -0.25) is 4.79 Å². The minimum Gasteiger partial charge on any atom is -0.289 e. The van der Waals surface area contributed by atoms with Gasteiger partial charge in [0.15, 0.2) is 5.78 Å². The van der Waals surface area contributed by atoms with Gasteiger partial charge in [-0.05, 0) is 42.5 Å². The highest BCUT2D eigenvalue weighted by molar-refractivity contribution is 7.98.